The molecule has 0 saturated heterocycles. The van der Waals surface area contributed by atoms with Gasteiger partial charge in [0.1, 0.15) is 10.7 Å². The second-order valence-electron chi connectivity index (χ2n) is 4.03. The van der Waals surface area contributed by atoms with E-state index in [0.717, 1.165) is 21.6 Å². The van der Waals surface area contributed by atoms with Crippen LogP contribution in [0.5, 0.6) is 5.75 Å². The molecule has 2 aromatic rings. The van der Waals surface area contributed by atoms with Crippen LogP contribution in [0.25, 0.3) is 0 Å². The van der Waals surface area contributed by atoms with E-state index in [2.05, 4.69) is 21.2 Å². The van der Waals surface area contributed by atoms with Gasteiger partial charge < -0.3 is 15.8 Å². The Kier molecular flexibility index (Phi) is 4.86. The SMILES string of the molecule is COc1ccc(Nc2ccc(Cl)cc2C(N)=S)cc1Br. The van der Waals surface area contributed by atoms with Crippen LogP contribution in [0.2, 0.25) is 5.02 Å². The predicted octanol–water partition coefficient (Wildman–Crippen LogP) is 4.49. The molecule has 2 rings (SSSR count). The summed E-state index contributed by atoms with van der Waals surface area (Å²) in [5, 5.41) is 3.85. The molecule has 0 heterocycles. The molecule has 0 unspecified atom stereocenters. The largest absolute Gasteiger partial charge is 0.496 e. The summed E-state index contributed by atoms with van der Waals surface area (Å²) in [6.07, 6.45) is 0. The van der Waals surface area contributed by atoms with Gasteiger partial charge >= 0.3 is 0 Å². The average molecular weight is 372 g/mol. The molecule has 0 saturated carbocycles. The third-order valence-corrected chi connectivity index (χ3v) is 3.75. The molecule has 2 aromatic carbocycles. The van der Waals surface area contributed by atoms with Gasteiger partial charge in [-0.25, -0.2) is 0 Å². The summed E-state index contributed by atoms with van der Waals surface area (Å²) in [5.74, 6) is 0.765. The van der Waals surface area contributed by atoms with Crippen LogP contribution < -0.4 is 15.8 Å². The van der Waals surface area contributed by atoms with Gasteiger partial charge in [-0.2, -0.15) is 0 Å². The lowest BCUT2D eigenvalue weighted by Gasteiger charge is -2.13. The summed E-state index contributed by atoms with van der Waals surface area (Å²) < 4.78 is 6.05. The predicted molar refractivity (Wildman–Crippen MR) is 91.3 cm³/mol. The summed E-state index contributed by atoms with van der Waals surface area (Å²) in [6.45, 7) is 0. The molecular formula is C14H12BrClN2OS. The molecule has 6 heteroatoms. The molecule has 0 bridgehead atoms. The maximum atomic E-state index is 5.96. The first-order chi connectivity index (χ1) is 9.51. The van der Waals surface area contributed by atoms with E-state index in [9.17, 15) is 0 Å². The average Bonchev–Trinajstić information content (AvgIpc) is 2.41. The number of benzene rings is 2. The monoisotopic (exact) mass is 370 g/mol. The van der Waals surface area contributed by atoms with E-state index < -0.39 is 0 Å². The summed E-state index contributed by atoms with van der Waals surface area (Å²) in [7, 11) is 1.62. The number of nitrogens with one attached hydrogen (secondary N) is 1. The van der Waals surface area contributed by atoms with Crippen LogP contribution >= 0.6 is 39.7 Å². The number of nitrogens with two attached hydrogens (primary N) is 1. The first-order valence-corrected chi connectivity index (χ1v) is 7.29. The zero-order chi connectivity index (χ0) is 14.7. The highest BCUT2D eigenvalue weighted by Crippen LogP contribution is 2.30. The van der Waals surface area contributed by atoms with Crippen molar-refractivity contribution in [2.75, 3.05) is 12.4 Å². The number of hydrogen-bond acceptors (Lipinski definition) is 3. The van der Waals surface area contributed by atoms with Gasteiger partial charge in [-0.05, 0) is 52.3 Å². The van der Waals surface area contributed by atoms with Crippen molar-refractivity contribution in [3.63, 3.8) is 0 Å². The Balaban J connectivity index is 2.35. The fourth-order valence-electron chi connectivity index (χ4n) is 1.73. The highest BCUT2D eigenvalue weighted by Gasteiger charge is 2.08. The van der Waals surface area contributed by atoms with E-state index in [0.29, 0.717) is 15.6 Å². The van der Waals surface area contributed by atoms with Crippen LogP contribution in [0.3, 0.4) is 0 Å². The Morgan fingerprint density at radius 2 is 2.05 bits per heavy atom. The number of thiocarbonyl (C=S) groups is 1. The van der Waals surface area contributed by atoms with Gasteiger partial charge in [0.25, 0.3) is 0 Å². The zero-order valence-corrected chi connectivity index (χ0v) is 13.8. The molecule has 20 heavy (non-hydrogen) atoms. The normalized spacial score (nSPS) is 10.2. The van der Waals surface area contributed by atoms with Crippen molar-refractivity contribution >= 4 is 56.1 Å². The first-order valence-electron chi connectivity index (χ1n) is 5.71. The topological polar surface area (TPSA) is 47.3 Å². The Morgan fingerprint density at radius 3 is 2.65 bits per heavy atom. The minimum atomic E-state index is 0.294. The Hall–Kier alpha value is -1.30. The van der Waals surface area contributed by atoms with Gasteiger partial charge in [-0.3, -0.25) is 0 Å². The van der Waals surface area contributed by atoms with Gasteiger partial charge in [-0.1, -0.05) is 23.8 Å². The lowest BCUT2D eigenvalue weighted by molar-refractivity contribution is 0.412. The second-order valence-corrected chi connectivity index (χ2v) is 5.76. The molecule has 3 N–H and O–H groups in total. The smallest absolute Gasteiger partial charge is 0.133 e. The van der Waals surface area contributed by atoms with E-state index >= 15 is 0 Å². The third-order valence-electron chi connectivity index (χ3n) is 2.68. The third kappa shape index (κ3) is 3.42. The summed E-state index contributed by atoms with van der Waals surface area (Å²) >= 11 is 14.4. The van der Waals surface area contributed by atoms with Crippen molar-refractivity contribution < 1.29 is 4.74 Å². The summed E-state index contributed by atoms with van der Waals surface area (Å²) in [4.78, 5) is 0.294. The highest BCUT2D eigenvalue weighted by molar-refractivity contribution is 9.10. The maximum Gasteiger partial charge on any atom is 0.133 e. The van der Waals surface area contributed by atoms with Crippen molar-refractivity contribution in [1.29, 1.82) is 0 Å². The molecule has 0 aromatic heterocycles. The summed E-state index contributed by atoms with van der Waals surface area (Å²) in [6, 6.07) is 11.0. The quantitative estimate of drug-likeness (QED) is 0.777. The van der Waals surface area contributed by atoms with Crippen LogP contribution in [0, 0.1) is 0 Å². The molecule has 0 radical (unpaired) electrons. The molecule has 3 nitrogen and oxygen atoms in total. The van der Waals surface area contributed by atoms with Crippen LogP contribution in [0.1, 0.15) is 5.56 Å². The molecular weight excluding hydrogens is 360 g/mol. The van der Waals surface area contributed by atoms with Crippen LogP contribution in [0.4, 0.5) is 11.4 Å². The lowest BCUT2D eigenvalue weighted by Crippen LogP contribution is -2.11. The molecule has 0 fully saturated rings. The molecule has 104 valence electrons. The number of ether oxygens (including phenoxy) is 1. The Labute approximate surface area is 136 Å². The van der Waals surface area contributed by atoms with Crippen molar-refractivity contribution in [3.8, 4) is 5.75 Å². The number of rotatable bonds is 4. The highest BCUT2D eigenvalue weighted by atomic mass is 79.9. The number of hydrogen-bond donors (Lipinski definition) is 2. The maximum absolute atomic E-state index is 5.96. The van der Waals surface area contributed by atoms with Gasteiger partial charge in [0, 0.05) is 22.0 Å². The summed E-state index contributed by atoms with van der Waals surface area (Å²) in [5.41, 5.74) is 8.12. The first kappa shape index (κ1) is 15.1. The number of halogens is 2. The van der Waals surface area contributed by atoms with Crippen LogP contribution in [-0.2, 0) is 0 Å². The molecule has 0 aliphatic carbocycles. The standard InChI is InChI=1S/C14H12BrClN2OS/c1-19-13-5-3-9(7-11(13)15)18-12-4-2-8(16)6-10(12)14(17)20/h2-7,18H,1H3,(H2,17,20). The Morgan fingerprint density at radius 1 is 1.30 bits per heavy atom. The van der Waals surface area contributed by atoms with Gasteiger partial charge in [-0.15, -0.1) is 0 Å². The second kappa shape index (κ2) is 6.43. The minimum absolute atomic E-state index is 0.294. The van der Waals surface area contributed by atoms with Gasteiger partial charge in [0.2, 0.25) is 0 Å². The van der Waals surface area contributed by atoms with Crippen molar-refractivity contribution in [2.24, 2.45) is 5.73 Å². The van der Waals surface area contributed by atoms with Crippen molar-refractivity contribution in [2.45, 2.75) is 0 Å². The molecule has 0 spiro atoms. The number of methoxy groups -OCH3 is 1. The molecule has 0 amide bonds. The van der Waals surface area contributed by atoms with E-state index in [1.807, 2.05) is 24.3 Å². The fraction of sp³-hybridized carbons (Fsp3) is 0.0714. The van der Waals surface area contributed by atoms with E-state index in [-0.39, 0.29) is 0 Å². The van der Waals surface area contributed by atoms with E-state index in [1.165, 1.54) is 0 Å². The number of anilines is 2. The van der Waals surface area contributed by atoms with Gasteiger partial charge in [0.15, 0.2) is 0 Å². The van der Waals surface area contributed by atoms with E-state index in [1.54, 1.807) is 19.2 Å². The Bertz CT molecular complexity index is 664. The van der Waals surface area contributed by atoms with E-state index in [4.69, 9.17) is 34.3 Å². The fourth-order valence-corrected chi connectivity index (χ4v) is 2.61. The van der Waals surface area contributed by atoms with Crippen molar-refractivity contribution in [1.82, 2.24) is 0 Å². The van der Waals surface area contributed by atoms with Crippen molar-refractivity contribution in [3.05, 3.63) is 51.5 Å². The van der Waals surface area contributed by atoms with Gasteiger partial charge in [0.05, 0.1) is 11.6 Å². The van der Waals surface area contributed by atoms with Crippen LogP contribution in [0.15, 0.2) is 40.9 Å². The lowest BCUT2D eigenvalue weighted by atomic mass is 10.1. The molecule has 0 aliphatic rings. The molecule has 0 aliphatic heterocycles. The zero-order valence-electron chi connectivity index (χ0n) is 10.6. The van der Waals surface area contributed by atoms with Crippen LogP contribution in [-0.4, -0.2) is 12.1 Å². The molecule has 0 atom stereocenters. The minimum Gasteiger partial charge on any atom is -0.496 e.